The lowest BCUT2D eigenvalue weighted by atomic mass is 10.3. The van der Waals surface area contributed by atoms with Gasteiger partial charge in [0, 0.05) is 41.3 Å². The summed E-state index contributed by atoms with van der Waals surface area (Å²) in [6.07, 6.45) is 3.97. The number of carbonyl (C=O) groups excluding carboxylic acids is 1. The Bertz CT molecular complexity index is 664. The zero-order chi connectivity index (χ0) is 14.8. The van der Waals surface area contributed by atoms with Crippen LogP contribution in [0.25, 0.3) is 0 Å². The normalized spacial score (nSPS) is 18.0. The van der Waals surface area contributed by atoms with E-state index in [0.717, 1.165) is 15.8 Å². The fourth-order valence-electron chi connectivity index (χ4n) is 2.23. The van der Waals surface area contributed by atoms with Crippen molar-refractivity contribution in [3.63, 3.8) is 0 Å². The Morgan fingerprint density at radius 1 is 1.57 bits per heavy atom. The maximum absolute atomic E-state index is 12.3. The van der Waals surface area contributed by atoms with Crippen molar-refractivity contribution >= 4 is 44.8 Å². The summed E-state index contributed by atoms with van der Waals surface area (Å²) in [5.41, 5.74) is 0. The van der Waals surface area contributed by atoms with Crippen LogP contribution >= 0.6 is 38.9 Å². The van der Waals surface area contributed by atoms with Crippen molar-refractivity contribution < 1.29 is 9.53 Å². The Kier molecular flexibility index (Phi) is 4.47. The molecule has 0 aromatic carbocycles. The van der Waals surface area contributed by atoms with E-state index in [0.29, 0.717) is 23.9 Å². The maximum Gasteiger partial charge on any atom is 0.264 e. The first kappa shape index (κ1) is 14.8. The number of hydrogen-bond donors (Lipinski definition) is 0. The number of carbonyl (C=O) groups is 1. The van der Waals surface area contributed by atoms with Gasteiger partial charge in [-0.1, -0.05) is 11.6 Å². The molecule has 2 aromatic rings. The number of halogens is 2. The molecule has 3 heterocycles. The number of amides is 1. The molecule has 0 unspecified atom stereocenters. The van der Waals surface area contributed by atoms with Crippen molar-refractivity contribution in [3.8, 4) is 5.75 Å². The van der Waals surface area contributed by atoms with E-state index in [1.54, 1.807) is 18.5 Å². The second kappa shape index (κ2) is 6.34. The lowest BCUT2D eigenvalue weighted by molar-refractivity contribution is 0.0777. The van der Waals surface area contributed by atoms with Crippen molar-refractivity contribution in [1.29, 1.82) is 0 Å². The SMILES string of the molecule is O=C(c1cc(Br)cs1)N1CC[C@H](Oc2ccncc2Cl)C1. The monoisotopic (exact) mass is 386 g/mol. The van der Waals surface area contributed by atoms with Crippen LogP contribution in [-0.4, -0.2) is 35.0 Å². The van der Waals surface area contributed by atoms with Gasteiger partial charge in [0.1, 0.15) is 16.9 Å². The van der Waals surface area contributed by atoms with E-state index < -0.39 is 0 Å². The molecule has 110 valence electrons. The smallest absolute Gasteiger partial charge is 0.264 e. The molecule has 7 heteroatoms. The highest BCUT2D eigenvalue weighted by molar-refractivity contribution is 9.10. The van der Waals surface area contributed by atoms with E-state index in [-0.39, 0.29) is 12.0 Å². The summed E-state index contributed by atoms with van der Waals surface area (Å²) >= 11 is 10.8. The first-order valence-corrected chi connectivity index (χ1v) is 8.48. The lowest BCUT2D eigenvalue weighted by Gasteiger charge is -2.17. The Labute approximate surface area is 139 Å². The second-order valence-electron chi connectivity index (χ2n) is 4.71. The van der Waals surface area contributed by atoms with Crippen molar-refractivity contribution in [2.24, 2.45) is 0 Å². The van der Waals surface area contributed by atoms with Gasteiger partial charge in [0.15, 0.2) is 0 Å². The van der Waals surface area contributed by atoms with Crippen molar-refractivity contribution in [2.45, 2.75) is 12.5 Å². The summed E-state index contributed by atoms with van der Waals surface area (Å²) in [4.78, 5) is 18.8. The summed E-state index contributed by atoms with van der Waals surface area (Å²) in [5.74, 6) is 0.669. The van der Waals surface area contributed by atoms with Gasteiger partial charge in [-0.2, -0.15) is 0 Å². The lowest BCUT2D eigenvalue weighted by Crippen LogP contribution is -2.30. The Morgan fingerprint density at radius 2 is 2.43 bits per heavy atom. The largest absolute Gasteiger partial charge is 0.487 e. The Morgan fingerprint density at radius 3 is 3.14 bits per heavy atom. The van der Waals surface area contributed by atoms with Gasteiger partial charge in [-0.25, -0.2) is 0 Å². The fourth-order valence-corrected chi connectivity index (χ4v) is 3.78. The molecule has 1 fully saturated rings. The number of thiophene rings is 1. The van der Waals surface area contributed by atoms with E-state index in [1.165, 1.54) is 11.3 Å². The van der Waals surface area contributed by atoms with E-state index >= 15 is 0 Å². The summed E-state index contributed by atoms with van der Waals surface area (Å²) in [5, 5.41) is 2.40. The van der Waals surface area contributed by atoms with Gasteiger partial charge in [-0.3, -0.25) is 9.78 Å². The molecule has 2 aromatic heterocycles. The molecule has 1 amide bonds. The molecule has 1 saturated heterocycles. The third kappa shape index (κ3) is 3.39. The summed E-state index contributed by atoms with van der Waals surface area (Å²) in [7, 11) is 0. The average Bonchev–Trinajstić information content (AvgIpc) is 3.10. The molecule has 0 saturated carbocycles. The van der Waals surface area contributed by atoms with E-state index in [2.05, 4.69) is 20.9 Å². The predicted octanol–water partition coefficient (Wildman–Crippen LogP) is 3.85. The van der Waals surface area contributed by atoms with Crippen molar-refractivity contribution in [1.82, 2.24) is 9.88 Å². The van der Waals surface area contributed by atoms with Crippen LogP contribution < -0.4 is 4.74 Å². The number of likely N-dealkylation sites (tertiary alicyclic amines) is 1. The third-order valence-electron chi connectivity index (χ3n) is 3.24. The first-order valence-electron chi connectivity index (χ1n) is 6.43. The van der Waals surface area contributed by atoms with Gasteiger partial charge in [-0.05, 0) is 22.0 Å². The zero-order valence-electron chi connectivity index (χ0n) is 11.0. The molecule has 1 aliphatic heterocycles. The summed E-state index contributed by atoms with van der Waals surface area (Å²) < 4.78 is 6.79. The van der Waals surface area contributed by atoms with Crippen LogP contribution in [0, 0.1) is 0 Å². The summed E-state index contributed by atoms with van der Waals surface area (Å²) in [6.45, 7) is 1.27. The van der Waals surface area contributed by atoms with Crippen LogP contribution in [0.1, 0.15) is 16.1 Å². The molecule has 0 radical (unpaired) electrons. The number of hydrogen-bond acceptors (Lipinski definition) is 4. The fraction of sp³-hybridized carbons (Fsp3) is 0.286. The molecule has 1 atom stereocenters. The van der Waals surface area contributed by atoms with Crippen molar-refractivity contribution in [2.75, 3.05) is 13.1 Å². The van der Waals surface area contributed by atoms with Crippen LogP contribution in [0.3, 0.4) is 0 Å². The molecule has 3 rings (SSSR count). The molecule has 21 heavy (non-hydrogen) atoms. The third-order valence-corrected chi connectivity index (χ3v) is 5.20. The number of pyridine rings is 1. The highest BCUT2D eigenvalue weighted by atomic mass is 79.9. The molecule has 1 aliphatic rings. The molecule has 0 N–H and O–H groups in total. The molecule has 0 aliphatic carbocycles. The van der Waals surface area contributed by atoms with Gasteiger partial charge in [0.25, 0.3) is 5.91 Å². The van der Waals surface area contributed by atoms with Gasteiger partial charge < -0.3 is 9.64 Å². The van der Waals surface area contributed by atoms with E-state index in [1.807, 2.05) is 16.3 Å². The van der Waals surface area contributed by atoms with E-state index in [4.69, 9.17) is 16.3 Å². The van der Waals surface area contributed by atoms with Crippen LogP contribution in [0.5, 0.6) is 5.75 Å². The van der Waals surface area contributed by atoms with Gasteiger partial charge in [0.05, 0.1) is 11.4 Å². The zero-order valence-corrected chi connectivity index (χ0v) is 14.1. The molecular weight excluding hydrogens is 376 g/mol. The second-order valence-corrected chi connectivity index (χ2v) is 6.95. The minimum absolute atomic E-state index is 0.0303. The molecule has 0 spiro atoms. The van der Waals surface area contributed by atoms with Crippen LogP contribution in [0.4, 0.5) is 0 Å². The number of ether oxygens (including phenoxy) is 1. The summed E-state index contributed by atoms with van der Waals surface area (Å²) in [6, 6.07) is 3.59. The number of rotatable bonds is 3. The van der Waals surface area contributed by atoms with Crippen LogP contribution in [-0.2, 0) is 0 Å². The van der Waals surface area contributed by atoms with Crippen LogP contribution in [0.2, 0.25) is 5.02 Å². The van der Waals surface area contributed by atoms with Gasteiger partial charge in [-0.15, -0.1) is 11.3 Å². The topological polar surface area (TPSA) is 42.4 Å². The number of nitrogens with zero attached hydrogens (tertiary/aromatic N) is 2. The Balaban J connectivity index is 1.63. The molecule has 4 nitrogen and oxygen atoms in total. The average molecular weight is 388 g/mol. The standard InChI is InChI=1S/C14H12BrClN2O2S/c15-9-5-13(21-8-9)14(19)18-4-2-10(7-18)20-12-1-3-17-6-11(12)16/h1,3,5-6,8,10H,2,4,7H2/t10-/m0/s1. The van der Waals surface area contributed by atoms with E-state index in [9.17, 15) is 4.79 Å². The molecular formula is C14H12BrClN2O2S. The van der Waals surface area contributed by atoms with Gasteiger partial charge in [0.2, 0.25) is 0 Å². The predicted molar refractivity (Wildman–Crippen MR) is 86.2 cm³/mol. The maximum atomic E-state index is 12.3. The Hall–Kier alpha value is -1.11. The highest BCUT2D eigenvalue weighted by Gasteiger charge is 2.29. The quantitative estimate of drug-likeness (QED) is 0.803. The number of aromatic nitrogens is 1. The van der Waals surface area contributed by atoms with Crippen LogP contribution in [0.15, 0.2) is 34.4 Å². The molecule has 0 bridgehead atoms. The minimum Gasteiger partial charge on any atom is -0.487 e. The van der Waals surface area contributed by atoms with Gasteiger partial charge >= 0.3 is 0 Å². The first-order chi connectivity index (χ1) is 10.1. The highest BCUT2D eigenvalue weighted by Crippen LogP contribution is 2.27. The van der Waals surface area contributed by atoms with Crippen molar-refractivity contribution in [3.05, 3.63) is 44.3 Å². The minimum atomic E-state index is -0.0303.